The fourth-order valence-corrected chi connectivity index (χ4v) is 4.14. The Morgan fingerprint density at radius 1 is 1.14 bits per heavy atom. The van der Waals surface area contributed by atoms with E-state index in [1.165, 1.54) is 4.70 Å². The van der Waals surface area contributed by atoms with Crippen LogP contribution in [-0.4, -0.2) is 24.1 Å². The molecule has 0 fully saturated rings. The van der Waals surface area contributed by atoms with Crippen molar-refractivity contribution in [1.29, 1.82) is 0 Å². The molecule has 1 unspecified atom stereocenters. The molecule has 1 atom stereocenters. The molecule has 6 heteroatoms. The van der Waals surface area contributed by atoms with Crippen molar-refractivity contribution in [1.82, 2.24) is 10.3 Å². The molecule has 0 saturated carbocycles. The van der Waals surface area contributed by atoms with Gasteiger partial charge in [-0.2, -0.15) is 0 Å². The van der Waals surface area contributed by atoms with Crippen molar-refractivity contribution in [3.05, 3.63) is 53.0 Å². The predicted octanol–water partition coefficient (Wildman–Crippen LogP) is 5.29. The molecule has 3 rings (SSSR count). The first-order valence-electron chi connectivity index (χ1n) is 9.94. The molecule has 5 nitrogen and oxygen atoms in total. The minimum atomic E-state index is -0.105. The van der Waals surface area contributed by atoms with E-state index < -0.39 is 0 Å². The SMILES string of the molecule is COc1cc(C(C)NC(=O)CCCc2nc3ccccc3s2)ccc1OC(C)C. The lowest BCUT2D eigenvalue weighted by Gasteiger charge is -2.18. The highest BCUT2D eigenvalue weighted by molar-refractivity contribution is 7.18. The number of nitrogens with one attached hydrogen (secondary N) is 1. The van der Waals surface area contributed by atoms with Crippen molar-refractivity contribution < 1.29 is 14.3 Å². The third-order valence-electron chi connectivity index (χ3n) is 4.56. The zero-order valence-electron chi connectivity index (χ0n) is 17.4. The van der Waals surface area contributed by atoms with E-state index in [9.17, 15) is 4.79 Å². The van der Waals surface area contributed by atoms with Gasteiger partial charge in [-0.1, -0.05) is 18.2 Å². The molecule has 154 valence electrons. The maximum atomic E-state index is 12.4. The van der Waals surface area contributed by atoms with Gasteiger partial charge in [-0.15, -0.1) is 11.3 Å². The van der Waals surface area contributed by atoms with Crippen LogP contribution in [-0.2, 0) is 11.2 Å². The highest BCUT2D eigenvalue weighted by Gasteiger charge is 2.14. The molecular formula is C23H28N2O3S. The van der Waals surface area contributed by atoms with Crippen LogP contribution in [0.5, 0.6) is 11.5 Å². The van der Waals surface area contributed by atoms with Crippen LogP contribution >= 0.6 is 11.3 Å². The minimum Gasteiger partial charge on any atom is -0.493 e. The third-order valence-corrected chi connectivity index (χ3v) is 5.66. The third kappa shape index (κ3) is 5.70. The van der Waals surface area contributed by atoms with Gasteiger partial charge in [0.1, 0.15) is 0 Å². The number of hydrogen-bond donors (Lipinski definition) is 1. The summed E-state index contributed by atoms with van der Waals surface area (Å²) in [4.78, 5) is 17.0. The summed E-state index contributed by atoms with van der Waals surface area (Å²) in [6, 6.07) is 13.8. The van der Waals surface area contributed by atoms with E-state index in [4.69, 9.17) is 9.47 Å². The normalized spacial score (nSPS) is 12.2. The van der Waals surface area contributed by atoms with Gasteiger partial charge in [-0.05, 0) is 63.4 Å². The van der Waals surface area contributed by atoms with Gasteiger partial charge in [-0.25, -0.2) is 4.98 Å². The summed E-state index contributed by atoms with van der Waals surface area (Å²) in [7, 11) is 1.62. The van der Waals surface area contributed by atoms with Crippen molar-refractivity contribution in [2.45, 2.75) is 52.2 Å². The van der Waals surface area contributed by atoms with Gasteiger partial charge in [0.25, 0.3) is 0 Å². The first-order valence-corrected chi connectivity index (χ1v) is 10.8. The molecule has 1 N–H and O–H groups in total. The summed E-state index contributed by atoms with van der Waals surface area (Å²) in [6.45, 7) is 5.93. The number of para-hydroxylation sites is 1. The van der Waals surface area contributed by atoms with Crippen LogP contribution < -0.4 is 14.8 Å². The van der Waals surface area contributed by atoms with E-state index in [0.717, 1.165) is 28.9 Å². The maximum Gasteiger partial charge on any atom is 0.220 e. The van der Waals surface area contributed by atoms with Crippen LogP contribution in [0.15, 0.2) is 42.5 Å². The number of carbonyl (C=O) groups is 1. The summed E-state index contributed by atoms with van der Waals surface area (Å²) in [5.74, 6) is 1.42. The molecule has 2 aromatic carbocycles. The second-order valence-corrected chi connectivity index (χ2v) is 8.41. The predicted molar refractivity (Wildman–Crippen MR) is 118 cm³/mol. The molecule has 0 aliphatic heterocycles. The topological polar surface area (TPSA) is 60.5 Å². The van der Waals surface area contributed by atoms with E-state index >= 15 is 0 Å². The van der Waals surface area contributed by atoms with Crippen LogP contribution in [0, 0.1) is 0 Å². The van der Waals surface area contributed by atoms with E-state index in [2.05, 4.69) is 16.4 Å². The zero-order valence-corrected chi connectivity index (χ0v) is 18.2. The van der Waals surface area contributed by atoms with Crippen LogP contribution in [0.3, 0.4) is 0 Å². The highest BCUT2D eigenvalue weighted by atomic mass is 32.1. The van der Waals surface area contributed by atoms with Gasteiger partial charge in [0.2, 0.25) is 5.91 Å². The number of methoxy groups -OCH3 is 1. The Labute approximate surface area is 176 Å². The summed E-state index contributed by atoms with van der Waals surface area (Å²) in [6.07, 6.45) is 2.15. The van der Waals surface area contributed by atoms with Crippen molar-refractivity contribution >= 4 is 27.5 Å². The van der Waals surface area contributed by atoms with Crippen LogP contribution in [0.1, 0.15) is 50.2 Å². The molecule has 1 amide bonds. The standard InChI is InChI=1S/C23H28N2O3S/c1-15(2)28-19-13-12-17(14-20(19)27-4)16(3)24-22(26)10-7-11-23-25-18-8-5-6-9-21(18)29-23/h5-6,8-9,12-16H,7,10-11H2,1-4H3,(H,24,26). The van der Waals surface area contributed by atoms with E-state index in [0.29, 0.717) is 17.9 Å². The Hall–Kier alpha value is -2.60. The van der Waals surface area contributed by atoms with Crippen molar-refractivity contribution in [3.63, 3.8) is 0 Å². The van der Waals surface area contributed by atoms with Gasteiger partial charge >= 0.3 is 0 Å². The fourth-order valence-electron chi connectivity index (χ4n) is 3.13. The van der Waals surface area contributed by atoms with Crippen LogP contribution in [0.4, 0.5) is 0 Å². The molecule has 0 aliphatic rings. The molecule has 0 bridgehead atoms. The smallest absolute Gasteiger partial charge is 0.220 e. The molecule has 1 heterocycles. The molecule has 1 aromatic heterocycles. The number of fused-ring (bicyclic) bond motifs is 1. The largest absolute Gasteiger partial charge is 0.493 e. The Bertz CT molecular complexity index is 935. The minimum absolute atomic E-state index is 0.0417. The lowest BCUT2D eigenvalue weighted by Crippen LogP contribution is -2.26. The number of thiazole rings is 1. The number of rotatable bonds is 9. The van der Waals surface area contributed by atoms with E-state index in [-0.39, 0.29) is 18.1 Å². The van der Waals surface area contributed by atoms with Crippen LogP contribution in [0.25, 0.3) is 10.2 Å². The number of ether oxygens (including phenoxy) is 2. The number of hydrogen-bond acceptors (Lipinski definition) is 5. The first kappa shape index (κ1) is 21.1. The average Bonchev–Trinajstić information content (AvgIpc) is 3.10. The fraction of sp³-hybridized carbons (Fsp3) is 0.391. The van der Waals surface area contributed by atoms with Gasteiger partial charge in [0.15, 0.2) is 11.5 Å². The molecule has 0 aliphatic carbocycles. The summed E-state index contributed by atoms with van der Waals surface area (Å²) in [5, 5.41) is 4.15. The number of benzene rings is 2. The molecular weight excluding hydrogens is 384 g/mol. The maximum absolute atomic E-state index is 12.4. The summed E-state index contributed by atoms with van der Waals surface area (Å²) < 4.78 is 12.4. The summed E-state index contributed by atoms with van der Waals surface area (Å²) >= 11 is 1.70. The summed E-state index contributed by atoms with van der Waals surface area (Å²) in [5.41, 5.74) is 2.02. The lowest BCUT2D eigenvalue weighted by molar-refractivity contribution is -0.121. The van der Waals surface area contributed by atoms with Gasteiger partial charge < -0.3 is 14.8 Å². The Balaban J connectivity index is 1.51. The second kappa shape index (κ2) is 9.74. The lowest BCUT2D eigenvalue weighted by atomic mass is 10.1. The van der Waals surface area contributed by atoms with Crippen molar-refractivity contribution in [3.8, 4) is 11.5 Å². The average molecular weight is 413 g/mol. The van der Waals surface area contributed by atoms with Crippen LogP contribution in [0.2, 0.25) is 0 Å². The monoisotopic (exact) mass is 412 g/mol. The molecule has 0 saturated heterocycles. The Morgan fingerprint density at radius 2 is 1.93 bits per heavy atom. The van der Waals surface area contributed by atoms with E-state index in [1.807, 2.05) is 57.2 Å². The molecule has 3 aromatic rings. The Kier molecular flexibility index (Phi) is 7.09. The molecule has 29 heavy (non-hydrogen) atoms. The number of amides is 1. The van der Waals surface area contributed by atoms with Gasteiger partial charge in [-0.3, -0.25) is 4.79 Å². The molecule has 0 spiro atoms. The zero-order chi connectivity index (χ0) is 20.8. The number of aryl methyl sites for hydroxylation is 1. The Morgan fingerprint density at radius 3 is 2.66 bits per heavy atom. The number of carbonyl (C=O) groups excluding carboxylic acids is 1. The molecule has 0 radical (unpaired) electrons. The van der Waals surface area contributed by atoms with Gasteiger partial charge in [0.05, 0.1) is 34.5 Å². The highest BCUT2D eigenvalue weighted by Crippen LogP contribution is 2.31. The van der Waals surface area contributed by atoms with Crippen molar-refractivity contribution in [2.24, 2.45) is 0 Å². The van der Waals surface area contributed by atoms with E-state index in [1.54, 1.807) is 18.4 Å². The second-order valence-electron chi connectivity index (χ2n) is 7.29. The first-order chi connectivity index (χ1) is 14.0. The van der Waals surface area contributed by atoms with Crippen molar-refractivity contribution in [2.75, 3.05) is 7.11 Å². The number of nitrogens with zero attached hydrogens (tertiary/aromatic N) is 1. The quantitative estimate of drug-likeness (QED) is 0.519. The number of aromatic nitrogens is 1. The van der Waals surface area contributed by atoms with Gasteiger partial charge in [0, 0.05) is 6.42 Å².